The lowest BCUT2D eigenvalue weighted by Crippen LogP contribution is -2.34. The van der Waals surface area contributed by atoms with Crippen LogP contribution in [0.3, 0.4) is 0 Å². The summed E-state index contributed by atoms with van der Waals surface area (Å²) in [5, 5.41) is 7.11. The topological polar surface area (TPSA) is 67.6 Å². The zero-order valence-electron chi connectivity index (χ0n) is 9.68. The van der Waals surface area contributed by atoms with E-state index in [1.54, 1.807) is 0 Å². The number of hydrogen-bond acceptors (Lipinski definition) is 3. The summed E-state index contributed by atoms with van der Waals surface area (Å²) >= 11 is 0. The average molecular weight is 196 g/mol. The SMILES string of the molecule is CC(C)(N)Cc1nc(C(C)(C)C)n[nH]1. The van der Waals surface area contributed by atoms with Crippen LogP contribution >= 0.6 is 0 Å². The first-order valence-electron chi connectivity index (χ1n) is 4.89. The minimum atomic E-state index is -0.241. The van der Waals surface area contributed by atoms with Gasteiger partial charge in [0.2, 0.25) is 0 Å². The molecule has 1 aromatic heterocycles. The number of nitrogens with two attached hydrogens (primary N) is 1. The number of aromatic nitrogens is 3. The van der Waals surface area contributed by atoms with Gasteiger partial charge in [0, 0.05) is 17.4 Å². The van der Waals surface area contributed by atoms with Crippen LogP contribution in [-0.2, 0) is 11.8 Å². The Morgan fingerprint density at radius 1 is 1.21 bits per heavy atom. The molecule has 1 aromatic rings. The molecule has 1 heterocycles. The molecule has 0 unspecified atom stereocenters. The van der Waals surface area contributed by atoms with Crippen molar-refractivity contribution in [1.29, 1.82) is 0 Å². The monoisotopic (exact) mass is 196 g/mol. The third-order valence-electron chi connectivity index (χ3n) is 1.83. The van der Waals surface area contributed by atoms with E-state index in [2.05, 4.69) is 36.0 Å². The van der Waals surface area contributed by atoms with E-state index >= 15 is 0 Å². The van der Waals surface area contributed by atoms with Crippen molar-refractivity contribution in [2.24, 2.45) is 5.73 Å². The summed E-state index contributed by atoms with van der Waals surface area (Å²) < 4.78 is 0. The lowest BCUT2D eigenvalue weighted by Gasteiger charge is -2.16. The molecule has 14 heavy (non-hydrogen) atoms. The molecule has 0 saturated heterocycles. The van der Waals surface area contributed by atoms with Gasteiger partial charge >= 0.3 is 0 Å². The number of aromatic amines is 1. The fourth-order valence-corrected chi connectivity index (χ4v) is 1.14. The second-order valence-corrected chi connectivity index (χ2v) is 5.52. The molecule has 0 radical (unpaired) electrons. The van der Waals surface area contributed by atoms with Gasteiger partial charge < -0.3 is 5.73 Å². The van der Waals surface area contributed by atoms with Crippen LogP contribution in [0.4, 0.5) is 0 Å². The van der Waals surface area contributed by atoms with Crippen LogP contribution in [-0.4, -0.2) is 20.7 Å². The third kappa shape index (κ3) is 3.10. The highest BCUT2D eigenvalue weighted by atomic mass is 15.2. The van der Waals surface area contributed by atoms with Gasteiger partial charge in [-0.15, -0.1) is 0 Å². The van der Waals surface area contributed by atoms with Crippen LogP contribution in [0.5, 0.6) is 0 Å². The molecule has 0 aliphatic heterocycles. The van der Waals surface area contributed by atoms with Gasteiger partial charge in [-0.3, -0.25) is 5.10 Å². The zero-order chi connectivity index (χ0) is 11.0. The summed E-state index contributed by atoms with van der Waals surface area (Å²) in [6, 6.07) is 0. The molecule has 4 nitrogen and oxygen atoms in total. The Morgan fingerprint density at radius 3 is 2.14 bits per heavy atom. The first kappa shape index (κ1) is 11.2. The number of nitrogens with one attached hydrogen (secondary N) is 1. The van der Waals surface area contributed by atoms with Crippen LogP contribution < -0.4 is 5.73 Å². The molecule has 3 N–H and O–H groups in total. The van der Waals surface area contributed by atoms with Crippen molar-refractivity contribution in [2.75, 3.05) is 0 Å². The fourth-order valence-electron chi connectivity index (χ4n) is 1.14. The molecule has 0 fully saturated rings. The summed E-state index contributed by atoms with van der Waals surface area (Å²) in [6.07, 6.45) is 0.718. The second-order valence-electron chi connectivity index (χ2n) is 5.52. The fraction of sp³-hybridized carbons (Fsp3) is 0.800. The van der Waals surface area contributed by atoms with Crippen LogP contribution in [0.25, 0.3) is 0 Å². The predicted octanol–water partition coefficient (Wildman–Crippen LogP) is 1.38. The summed E-state index contributed by atoms with van der Waals surface area (Å²) in [4.78, 5) is 4.42. The molecule has 4 heteroatoms. The maximum atomic E-state index is 5.90. The van der Waals surface area contributed by atoms with E-state index in [4.69, 9.17) is 5.73 Å². The van der Waals surface area contributed by atoms with E-state index in [0.717, 1.165) is 18.1 Å². The van der Waals surface area contributed by atoms with Gasteiger partial charge in [0.1, 0.15) is 5.82 Å². The van der Waals surface area contributed by atoms with E-state index in [9.17, 15) is 0 Å². The number of hydrogen-bond donors (Lipinski definition) is 2. The Labute approximate surface area is 85.3 Å². The summed E-state index contributed by atoms with van der Waals surface area (Å²) in [7, 11) is 0. The summed E-state index contributed by atoms with van der Waals surface area (Å²) in [6.45, 7) is 10.2. The van der Waals surface area contributed by atoms with Gasteiger partial charge in [-0.2, -0.15) is 5.10 Å². The first-order valence-corrected chi connectivity index (χ1v) is 4.89. The van der Waals surface area contributed by atoms with Crippen molar-refractivity contribution in [3.05, 3.63) is 11.6 Å². The molecule has 0 aliphatic rings. The lowest BCUT2D eigenvalue weighted by molar-refractivity contribution is 0.501. The Morgan fingerprint density at radius 2 is 1.79 bits per heavy atom. The molecule has 0 saturated carbocycles. The molecule has 1 rings (SSSR count). The lowest BCUT2D eigenvalue weighted by atomic mass is 9.96. The predicted molar refractivity (Wildman–Crippen MR) is 57.1 cm³/mol. The quantitative estimate of drug-likeness (QED) is 0.751. The highest BCUT2D eigenvalue weighted by molar-refractivity contribution is 5.03. The number of rotatable bonds is 2. The van der Waals surface area contributed by atoms with Gasteiger partial charge in [-0.25, -0.2) is 4.98 Å². The zero-order valence-corrected chi connectivity index (χ0v) is 9.68. The standard InChI is InChI=1S/C10H20N4/c1-9(2,3)8-12-7(13-14-8)6-10(4,5)11/h6,11H2,1-5H3,(H,12,13,14). The van der Waals surface area contributed by atoms with Crippen molar-refractivity contribution in [3.8, 4) is 0 Å². The Bertz CT molecular complexity index is 301. The van der Waals surface area contributed by atoms with Crippen molar-refractivity contribution in [1.82, 2.24) is 15.2 Å². The van der Waals surface area contributed by atoms with E-state index in [1.807, 2.05) is 13.8 Å². The number of H-pyrrole nitrogens is 1. The second kappa shape index (κ2) is 3.35. The Hall–Kier alpha value is -0.900. The summed E-state index contributed by atoms with van der Waals surface area (Å²) in [5.41, 5.74) is 5.65. The van der Waals surface area contributed by atoms with Crippen molar-refractivity contribution in [2.45, 2.75) is 52.0 Å². The largest absolute Gasteiger partial charge is 0.325 e. The minimum absolute atomic E-state index is 0.00646. The van der Waals surface area contributed by atoms with Crippen LogP contribution in [0.2, 0.25) is 0 Å². The van der Waals surface area contributed by atoms with Crippen molar-refractivity contribution in [3.63, 3.8) is 0 Å². The third-order valence-corrected chi connectivity index (χ3v) is 1.83. The Balaban J connectivity index is 2.79. The van der Waals surface area contributed by atoms with Crippen LogP contribution in [0.15, 0.2) is 0 Å². The smallest absolute Gasteiger partial charge is 0.155 e. The average Bonchev–Trinajstić information content (AvgIpc) is 2.29. The molecule has 0 aromatic carbocycles. The molecular formula is C10H20N4. The molecule has 0 spiro atoms. The van der Waals surface area contributed by atoms with Gasteiger partial charge in [-0.1, -0.05) is 20.8 Å². The summed E-state index contributed by atoms with van der Waals surface area (Å²) in [5.74, 6) is 1.71. The van der Waals surface area contributed by atoms with Crippen LogP contribution in [0.1, 0.15) is 46.3 Å². The molecule has 0 amide bonds. The Kier molecular flexibility index (Phi) is 2.67. The van der Waals surface area contributed by atoms with E-state index in [-0.39, 0.29) is 11.0 Å². The highest BCUT2D eigenvalue weighted by Crippen LogP contribution is 2.18. The van der Waals surface area contributed by atoms with Gasteiger partial charge in [0.25, 0.3) is 0 Å². The van der Waals surface area contributed by atoms with E-state index in [0.29, 0.717) is 0 Å². The van der Waals surface area contributed by atoms with E-state index in [1.165, 1.54) is 0 Å². The first-order chi connectivity index (χ1) is 6.18. The molecule has 0 atom stereocenters. The molecule has 80 valence electrons. The minimum Gasteiger partial charge on any atom is -0.325 e. The molecule has 0 bridgehead atoms. The van der Waals surface area contributed by atoms with Gasteiger partial charge in [0.15, 0.2) is 5.82 Å². The highest BCUT2D eigenvalue weighted by Gasteiger charge is 2.21. The van der Waals surface area contributed by atoms with Crippen LogP contribution in [0, 0.1) is 0 Å². The van der Waals surface area contributed by atoms with Gasteiger partial charge in [0.05, 0.1) is 0 Å². The maximum Gasteiger partial charge on any atom is 0.155 e. The van der Waals surface area contributed by atoms with Crippen molar-refractivity contribution < 1.29 is 0 Å². The van der Waals surface area contributed by atoms with Gasteiger partial charge in [-0.05, 0) is 13.8 Å². The normalized spacial score (nSPS) is 13.3. The maximum absolute atomic E-state index is 5.90. The molecular weight excluding hydrogens is 176 g/mol. The number of nitrogens with zero attached hydrogens (tertiary/aromatic N) is 2. The van der Waals surface area contributed by atoms with E-state index < -0.39 is 0 Å². The van der Waals surface area contributed by atoms with Crippen molar-refractivity contribution >= 4 is 0 Å². The molecule has 0 aliphatic carbocycles.